The van der Waals surface area contributed by atoms with Gasteiger partial charge in [0.15, 0.2) is 0 Å². The van der Waals surface area contributed by atoms with Crippen LogP contribution in [0.1, 0.15) is 63.7 Å². The number of phenols is 1. The van der Waals surface area contributed by atoms with E-state index in [1.165, 1.54) is 37.3 Å². The summed E-state index contributed by atoms with van der Waals surface area (Å²) in [6, 6.07) is 8.41. The fourth-order valence-corrected chi connectivity index (χ4v) is 3.98. The Morgan fingerprint density at radius 3 is 2.27 bits per heavy atom. The Balaban J connectivity index is 2.39. The van der Waals surface area contributed by atoms with Crippen molar-refractivity contribution in [1.82, 2.24) is 10.6 Å². The standard InChI is InChI=1S/C29H39N5O7/c1-17(35)32-23(10-5-6-13-30)28(40)33-19-11-12-21(22(15-19)18-8-7-9-20(36)14-18)27(39)34-24(26(31)38)16-25(37)41-29(2,3)4/h7-9,11-12,14-15,23-24,36H,5-6,10,13,16,30H2,1-4H3,(H2,31,38)(H,32,35)(H,33,40)(H,34,39). The second kappa shape index (κ2) is 14.8. The summed E-state index contributed by atoms with van der Waals surface area (Å²) in [5.74, 6) is -3.23. The third-order valence-electron chi connectivity index (χ3n) is 5.77. The summed E-state index contributed by atoms with van der Waals surface area (Å²) in [4.78, 5) is 62.4. The Labute approximate surface area is 239 Å². The van der Waals surface area contributed by atoms with Crippen LogP contribution in [0.25, 0.3) is 11.1 Å². The number of benzene rings is 2. The normalized spacial score (nSPS) is 12.5. The molecule has 0 bridgehead atoms. The predicted octanol–water partition coefficient (Wildman–Crippen LogP) is 1.95. The lowest BCUT2D eigenvalue weighted by atomic mass is 9.97. The zero-order valence-electron chi connectivity index (χ0n) is 23.8. The lowest BCUT2D eigenvalue weighted by molar-refractivity contribution is -0.156. The first-order valence-corrected chi connectivity index (χ1v) is 13.2. The van der Waals surface area contributed by atoms with Crippen molar-refractivity contribution >= 4 is 35.3 Å². The third-order valence-corrected chi connectivity index (χ3v) is 5.77. The van der Waals surface area contributed by atoms with E-state index >= 15 is 0 Å². The van der Waals surface area contributed by atoms with Gasteiger partial charge in [-0.3, -0.25) is 24.0 Å². The Bertz CT molecular complexity index is 1270. The summed E-state index contributed by atoms with van der Waals surface area (Å²) in [6.07, 6.45) is 1.24. The van der Waals surface area contributed by atoms with Gasteiger partial charge in [-0.15, -0.1) is 0 Å². The summed E-state index contributed by atoms with van der Waals surface area (Å²) >= 11 is 0. The molecule has 0 aromatic heterocycles. The van der Waals surface area contributed by atoms with Crippen molar-refractivity contribution in [2.45, 2.75) is 71.1 Å². The van der Waals surface area contributed by atoms with E-state index in [2.05, 4.69) is 16.0 Å². The zero-order chi connectivity index (χ0) is 30.7. The molecule has 0 heterocycles. The van der Waals surface area contributed by atoms with Gasteiger partial charge in [0.25, 0.3) is 5.91 Å². The van der Waals surface area contributed by atoms with E-state index < -0.39 is 47.8 Å². The number of amides is 4. The van der Waals surface area contributed by atoms with Gasteiger partial charge in [0, 0.05) is 18.2 Å². The van der Waals surface area contributed by atoms with Crippen molar-refractivity contribution in [2.75, 3.05) is 11.9 Å². The summed E-state index contributed by atoms with van der Waals surface area (Å²) < 4.78 is 5.24. The first-order valence-electron chi connectivity index (χ1n) is 13.2. The SMILES string of the molecule is CC(=O)NC(CCCCN)C(=O)Nc1ccc(C(=O)NC(CC(=O)OC(C)(C)C)C(N)=O)c(-c2cccc(O)c2)c1. The number of carbonyl (C=O) groups is 5. The second-order valence-corrected chi connectivity index (χ2v) is 10.6. The van der Waals surface area contributed by atoms with Gasteiger partial charge < -0.3 is 37.3 Å². The molecule has 0 saturated carbocycles. The summed E-state index contributed by atoms with van der Waals surface area (Å²) in [6.45, 7) is 6.79. The topological polar surface area (TPSA) is 203 Å². The van der Waals surface area contributed by atoms with Gasteiger partial charge in [0.05, 0.1) is 6.42 Å². The third kappa shape index (κ3) is 10.9. The molecule has 0 radical (unpaired) electrons. The average Bonchev–Trinajstić information content (AvgIpc) is 2.86. The van der Waals surface area contributed by atoms with E-state index in [0.29, 0.717) is 42.6 Å². The van der Waals surface area contributed by atoms with Crippen LogP contribution in [0.5, 0.6) is 5.75 Å². The number of ether oxygens (including phenoxy) is 1. The molecule has 0 saturated heterocycles. The number of primary amides is 1. The summed E-state index contributed by atoms with van der Waals surface area (Å²) in [5, 5.41) is 17.9. The number of nitrogens with one attached hydrogen (secondary N) is 3. The van der Waals surface area contributed by atoms with Gasteiger partial charge in [0.1, 0.15) is 23.4 Å². The largest absolute Gasteiger partial charge is 0.508 e. The zero-order valence-corrected chi connectivity index (χ0v) is 23.8. The van der Waals surface area contributed by atoms with E-state index in [9.17, 15) is 29.1 Å². The van der Waals surface area contributed by atoms with E-state index in [0.717, 1.165) is 0 Å². The minimum absolute atomic E-state index is 0.0612. The van der Waals surface area contributed by atoms with Crippen LogP contribution in [0.3, 0.4) is 0 Å². The van der Waals surface area contributed by atoms with Gasteiger partial charge in [-0.05, 0) is 88.0 Å². The summed E-state index contributed by atoms with van der Waals surface area (Å²) in [7, 11) is 0. The maximum absolute atomic E-state index is 13.3. The first kappa shape index (κ1) is 32.8. The fourth-order valence-electron chi connectivity index (χ4n) is 3.98. The molecule has 0 aliphatic carbocycles. The number of esters is 1. The number of unbranched alkanes of at least 4 members (excludes halogenated alkanes) is 1. The smallest absolute Gasteiger partial charge is 0.308 e. The molecular weight excluding hydrogens is 530 g/mol. The van der Waals surface area contributed by atoms with Crippen LogP contribution in [-0.4, -0.2) is 58.9 Å². The molecule has 4 amide bonds. The van der Waals surface area contributed by atoms with E-state index in [4.69, 9.17) is 16.2 Å². The van der Waals surface area contributed by atoms with Crippen molar-refractivity contribution < 1.29 is 33.8 Å². The molecule has 8 N–H and O–H groups in total. The number of hydrogen-bond acceptors (Lipinski definition) is 8. The van der Waals surface area contributed by atoms with Crippen molar-refractivity contribution in [3.05, 3.63) is 48.0 Å². The highest BCUT2D eigenvalue weighted by Crippen LogP contribution is 2.30. The highest BCUT2D eigenvalue weighted by atomic mass is 16.6. The predicted molar refractivity (Wildman–Crippen MR) is 154 cm³/mol. The summed E-state index contributed by atoms with van der Waals surface area (Å²) in [5.41, 5.74) is 11.4. The Morgan fingerprint density at radius 2 is 1.68 bits per heavy atom. The average molecular weight is 570 g/mol. The van der Waals surface area contributed by atoms with Crippen molar-refractivity contribution in [2.24, 2.45) is 11.5 Å². The molecule has 0 aliphatic rings. The van der Waals surface area contributed by atoms with Crippen molar-refractivity contribution in [1.29, 1.82) is 0 Å². The molecule has 222 valence electrons. The van der Waals surface area contributed by atoms with Crippen LogP contribution in [0.2, 0.25) is 0 Å². The number of rotatable bonds is 13. The van der Waals surface area contributed by atoms with Crippen LogP contribution in [0.15, 0.2) is 42.5 Å². The molecule has 0 spiro atoms. The Hall–Kier alpha value is -4.45. The molecule has 12 nitrogen and oxygen atoms in total. The van der Waals surface area contributed by atoms with Crippen LogP contribution in [-0.2, 0) is 23.9 Å². The molecule has 2 rings (SSSR count). The van der Waals surface area contributed by atoms with Crippen LogP contribution < -0.4 is 27.4 Å². The van der Waals surface area contributed by atoms with Crippen molar-refractivity contribution in [3.63, 3.8) is 0 Å². The maximum Gasteiger partial charge on any atom is 0.308 e. The minimum atomic E-state index is -1.35. The van der Waals surface area contributed by atoms with Gasteiger partial charge in [-0.1, -0.05) is 12.1 Å². The first-order chi connectivity index (χ1) is 19.2. The molecule has 0 aliphatic heterocycles. The molecule has 0 fully saturated rings. The Morgan fingerprint density at radius 1 is 0.976 bits per heavy atom. The number of hydrogen-bond donors (Lipinski definition) is 6. The molecule has 2 aromatic rings. The lowest BCUT2D eigenvalue weighted by Crippen LogP contribution is -2.46. The number of phenolic OH excluding ortho intramolecular Hbond substituents is 1. The number of anilines is 1. The molecule has 41 heavy (non-hydrogen) atoms. The number of aromatic hydroxyl groups is 1. The van der Waals surface area contributed by atoms with E-state index in [-0.39, 0.29) is 17.2 Å². The monoisotopic (exact) mass is 569 g/mol. The molecule has 12 heteroatoms. The quantitative estimate of drug-likeness (QED) is 0.155. The number of carbonyl (C=O) groups excluding carboxylic acids is 5. The highest BCUT2D eigenvalue weighted by molar-refractivity contribution is 6.05. The second-order valence-electron chi connectivity index (χ2n) is 10.6. The minimum Gasteiger partial charge on any atom is -0.508 e. The van der Waals surface area contributed by atoms with Gasteiger partial charge in [0.2, 0.25) is 17.7 Å². The van der Waals surface area contributed by atoms with E-state index in [1.807, 2.05) is 0 Å². The molecule has 2 unspecified atom stereocenters. The molecule has 2 atom stereocenters. The van der Waals surface area contributed by atoms with Crippen LogP contribution in [0.4, 0.5) is 5.69 Å². The number of nitrogens with two attached hydrogens (primary N) is 2. The fraction of sp³-hybridized carbons (Fsp3) is 0.414. The van der Waals surface area contributed by atoms with Crippen molar-refractivity contribution in [3.8, 4) is 16.9 Å². The molecular formula is C29H39N5O7. The van der Waals surface area contributed by atoms with E-state index in [1.54, 1.807) is 32.9 Å². The Kier molecular flexibility index (Phi) is 11.8. The lowest BCUT2D eigenvalue weighted by Gasteiger charge is -2.22. The van der Waals surface area contributed by atoms with Gasteiger partial charge in [-0.25, -0.2) is 0 Å². The highest BCUT2D eigenvalue weighted by Gasteiger charge is 2.27. The molecule has 2 aromatic carbocycles. The van der Waals surface area contributed by atoms with Gasteiger partial charge >= 0.3 is 5.97 Å². The van der Waals surface area contributed by atoms with Crippen LogP contribution >= 0.6 is 0 Å². The van der Waals surface area contributed by atoms with Gasteiger partial charge in [-0.2, -0.15) is 0 Å². The van der Waals surface area contributed by atoms with Crippen LogP contribution in [0, 0.1) is 0 Å². The maximum atomic E-state index is 13.3.